The molecule has 0 atom stereocenters. The van der Waals surface area contributed by atoms with Crippen LogP contribution in [0.2, 0.25) is 0 Å². The summed E-state index contributed by atoms with van der Waals surface area (Å²) in [7, 11) is 1.60. The molecule has 3 aromatic rings. The Labute approximate surface area is 111 Å². The van der Waals surface area contributed by atoms with Gasteiger partial charge in [-0.25, -0.2) is 4.98 Å². The molecule has 0 fully saturated rings. The van der Waals surface area contributed by atoms with E-state index in [1.54, 1.807) is 13.3 Å². The van der Waals surface area contributed by atoms with E-state index in [2.05, 4.69) is 27.3 Å². The lowest BCUT2D eigenvalue weighted by molar-refractivity contribution is 0.398. The van der Waals surface area contributed by atoms with Crippen LogP contribution in [0, 0.1) is 6.92 Å². The minimum Gasteiger partial charge on any atom is -0.481 e. The number of hydrogen-bond acceptors (Lipinski definition) is 4. The van der Waals surface area contributed by atoms with Gasteiger partial charge in [-0.1, -0.05) is 24.3 Å². The first-order valence-corrected chi connectivity index (χ1v) is 6.02. The van der Waals surface area contributed by atoms with Crippen molar-refractivity contribution in [3.8, 4) is 17.1 Å². The van der Waals surface area contributed by atoms with Crippen molar-refractivity contribution in [3.63, 3.8) is 0 Å². The number of aryl methyl sites for hydroxylation is 1. The van der Waals surface area contributed by atoms with E-state index in [0.29, 0.717) is 5.88 Å². The highest BCUT2D eigenvalue weighted by Crippen LogP contribution is 2.27. The second kappa shape index (κ2) is 4.65. The monoisotopic (exact) mass is 251 g/mol. The highest BCUT2D eigenvalue weighted by atomic mass is 16.5. The quantitative estimate of drug-likeness (QED) is 0.702. The molecule has 1 aromatic carbocycles. The second-order valence-electron chi connectivity index (χ2n) is 4.27. The van der Waals surface area contributed by atoms with Crippen molar-refractivity contribution in [2.45, 2.75) is 6.92 Å². The third kappa shape index (κ3) is 2.01. The molecule has 2 aromatic heterocycles. The molecule has 4 nitrogen and oxygen atoms in total. The van der Waals surface area contributed by atoms with Gasteiger partial charge in [0, 0.05) is 28.6 Å². The summed E-state index contributed by atoms with van der Waals surface area (Å²) in [5.41, 5.74) is 2.71. The predicted octanol–water partition coefficient (Wildman–Crippen LogP) is 3.01. The first kappa shape index (κ1) is 11.6. The number of methoxy groups -OCH3 is 1. The van der Waals surface area contributed by atoms with Crippen LogP contribution in [0.15, 0.2) is 42.6 Å². The minimum atomic E-state index is 0.591. The lowest BCUT2D eigenvalue weighted by atomic mass is 10.1. The van der Waals surface area contributed by atoms with Crippen LogP contribution in [0.3, 0.4) is 0 Å². The second-order valence-corrected chi connectivity index (χ2v) is 4.27. The summed E-state index contributed by atoms with van der Waals surface area (Å²) in [6, 6.07) is 11.9. The van der Waals surface area contributed by atoms with E-state index in [9.17, 15) is 0 Å². The SMILES string of the molecule is COc1ccc(-c2nnc(C)c3ccccc23)cn1. The standard InChI is InChI=1S/C15H13N3O/c1-10-12-5-3-4-6-13(12)15(18-17-10)11-7-8-14(19-2)16-9-11/h3-9H,1-2H3. The third-order valence-corrected chi connectivity index (χ3v) is 3.09. The lowest BCUT2D eigenvalue weighted by Gasteiger charge is -2.07. The van der Waals surface area contributed by atoms with Crippen LogP contribution < -0.4 is 4.74 Å². The van der Waals surface area contributed by atoms with E-state index < -0.39 is 0 Å². The van der Waals surface area contributed by atoms with Crippen molar-refractivity contribution in [1.82, 2.24) is 15.2 Å². The fourth-order valence-corrected chi connectivity index (χ4v) is 2.09. The maximum absolute atomic E-state index is 5.06. The molecule has 0 saturated carbocycles. The molecule has 0 aliphatic carbocycles. The van der Waals surface area contributed by atoms with Crippen LogP contribution in [0.4, 0.5) is 0 Å². The topological polar surface area (TPSA) is 47.9 Å². The highest BCUT2D eigenvalue weighted by molar-refractivity contribution is 5.95. The molecule has 0 aliphatic heterocycles. The lowest BCUT2D eigenvalue weighted by Crippen LogP contribution is -1.94. The first-order chi connectivity index (χ1) is 9.29. The van der Waals surface area contributed by atoms with Crippen molar-refractivity contribution < 1.29 is 4.74 Å². The van der Waals surface area contributed by atoms with Gasteiger partial charge >= 0.3 is 0 Å². The Bertz CT molecular complexity index is 723. The number of benzene rings is 1. The smallest absolute Gasteiger partial charge is 0.212 e. The summed E-state index contributed by atoms with van der Waals surface area (Å²) < 4.78 is 5.06. The maximum atomic E-state index is 5.06. The van der Waals surface area contributed by atoms with Crippen molar-refractivity contribution in [3.05, 3.63) is 48.3 Å². The summed E-state index contributed by atoms with van der Waals surface area (Å²) in [5.74, 6) is 0.591. The molecular formula is C15H13N3O. The van der Waals surface area contributed by atoms with Crippen LogP contribution in [0.25, 0.3) is 22.0 Å². The molecule has 0 radical (unpaired) electrons. The number of ether oxygens (including phenoxy) is 1. The van der Waals surface area contributed by atoms with Gasteiger partial charge in [0.15, 0.2) is 0 Å². The van der Waals surface area contributed by atoms with Crippen LogP contribution in [0.5, 0.6) is 5.88 Å². The zero-order chi connectivity index (χ0) is 13.2. The van der Waals surface area contributed by atoms with Gasteiger partial charge in [0.05, 0.1) is 12.8 Å². The third-order valence-electron chi connectivity index (χ3n) is 3.09. The Morgan fingerprint density at radius 2 is 1.74 bits per heavy atom. The zero-order valence-electron chi connectivity index (χ0n) is 10.8. The molecule has 19 heavy (non-hydrogen) atoms. The van der Waals surface area contributed by atoms with Gasteiger partial charge in [0.2, 0.25) is 5.88 Å². The molecule has 3 rings (SSSR count). The van der Waals surface area contributed by atoms with Crippen molar-refractivity contribution in [2.24, 2.45) is 0 Å². The van der Waals surface area contributed by atoms with E-state index in [-0.39, 0.29) is 0 Å². The largest absolute Gasteiger partial charge is 0.481 e. The zero-order valence-corrected chi connectivity index (χ0v) is 10.8. The number of aromatic nitrogens is 3. The van der Waals surface area contributed by atoms with E-state index >= 15 is 0 Å². The molecule has 2 heterocycles. The molecule has 94 valence electrons. The number of nitrogens with zero attached hydrogens (tertiary/aromatic N) is 3. The summed E-state index contributed by atoms with van der Waals surface area (Å²) in [5, 5.41) is 10.7. The van der Waals surface area contributed by atoms with Gasteiger partial charge in [-0.15, -0.1) is 5.10 Å². The summed E-state index contributed by atoms with van der Waals surface area (Å²) in [4.78, 5) is 4.21. The van der Waals surface area contributed by atoms with E-state index in [1.807, 2.05) is 31.2 Å². The highest BCUT2D eigenvalue weighted by Gasteiger charge is 2.08. The van der Waals surface area contributed by atoms with E-state index in [0.717, 1.165) is 27.7 Å². The normalized spacial score (nSPS) is 10.6. The van der Waals surface area contributed by atoms with Crippen molar-refractivity contribution >= 4 is 10.8 Å². The van der Waals surface area contributed by atoms with Crippen molar-refractivity contribution in [2.75, 3.05) is 7.11 Å². The van der Waals surface area contributed by atoms with Gasteiger partial charge in [-0.05, 0) is 13.0 Å². The Hall–Kier alpha value is -2.49. The average molecular weight is 251 g/mol. The predicted molar refractivity (Wildman–Crippen MR) is 74.1 cm³/mol. The molecular weight excluding hydrogens is 238 g/mol. The number of rotatable bonds is 2. The Kier molecular flexibility index (Phi) is 2.83. The van der Waals surface area contributed by atoms with Crippen LogP contribution in [0.1, 0.15) is 5.69 Å². The molecule has 0 saturated heterocycles. The van der Waals surface area contributed by atoms with Gasteiger partial charge < -0.3 is 4.74 Å². The summed E-state index contributed by atoms with van der Waals surface area (Å²) in [6.07, 6.45) is 1.75. The Morgan fingerprint density at radius 3 is 2.42 bits per heavy atom. The maximum Gasteiger partial charge on any atom is 0.212 e. The van der Waals surface area contributed by atoms with Gasteiger partial charge in [-0.2, -0.15) is 5.10 Å². The molecule has 0 bridgehead atoms. The minimum absolute atomic E-state index is 0.591. The average Bonchev–Trinajstić information content (AvgIpc) is 2.48. The molecule has 4 heteroatoms. The summed E-state index contributed by atoms with van der Waals surface area (Å²) in [6.45, 7) is 1.96. The van der Waals surface area contributed by atoms with Crippen LogP contribution in [-0.4, -0.2) is 22.3 Å². The molecule has 0 aliphatic rings. The molecule has 0 amide bonds. The van der Waals surface area contributed by atoms with E-state index in [1.165, 1.54) is 0 Å². The molecule has 0 unspecified atom stereocenters. The first-order valence-electron chi connectivity index (χ1n) is 6.02. The van der Waals surface area contributed by atoms with Crippen molar-refractivity contribution in [1.29, 1.82) is 0 Å². The van der Waals surface area contributed by atoms with Crippen LogP contribution >= 0.6 is 0 Å². The van der Waals surface area contributed by atoms with Gasteiger partial charge in [-0.3, -0.25) is 0 Å². The van der Waals surface area contributed by atoms with Gasteiger partial charge in [0.25, 0.3) is 0 Å². The Morgan fingerprint density at radius 1 is 0.947 bits per heavy atom. The number of fused-ring (bicyclic) bond motifs is 1. The molecule has 0 spiro atoms. The van der Waals surface area contributed by atoms with Crippen LogP contribution in [-0.2, 0) is 0 Å². The van der Waals surface area contributed by atoms with E-state index in [4.69, 9.17) is 4.74 Å². The number of pyridine rings is 1. The fourth-order valence-electron chi connectivity index (χ4n) is 2.09. The Balaban J connectivity index is 2.21. The van der Waals surface area contributed by atoms with Gasteiger partial charge in [0.1, 0.15) is 5.69 Å². The number of hydrogen-bond donors (Lipinski definition) is 0. The summed E-state index contributed by atoms with van der Waals surface area (Å²) >= 11 is 0. The molecule has 0 N–H and O–H groups in total. The fraction of sp³-hybridized carbons (Fsp3) is 0.133.